The van der Waals surface area contributed by atoms with Crippen LogP contribution in [0.25, 0.3) is 0 Å². The third kappa shape index (κ3) is 2.80. The molecule has 2 rings (SSSR count). The Kier molecular flexibility index (Phi) is 3.43. The quantitative estimate of drug-likeness (QED) is 0.927. The summed E-state index contributed by atoms with van der Waals surface area (Å²) in [5.41, 5.74) is 1.36. The van der Waals surface area contributed by atoms with Gasteiger partial charge in [0.25, 0.3) is 0 Å². The summed E-state index contributed by atoms with van der Waals surface area (Å²) in [4.78, 5) is 13.1. The Hall–Kier alpha value is -1.03. The van der Waals surface area contributed by atoms with Crippen molar-refractivity contribution < 1.29 is 9.90 Å². The molecular formula is C13H16BrNO2. The first-order valence-electron chi connectivity index (χ1n) is 5.73. The first-order chi connectivity index (χ1) is 7.99. The molecule has 0 saturated heterocycles. The molecule has 0 amide bonds. The van der Waals surface area contributed by atoms with Crippen LogP contribution in [0.2, 0.25) is 0 Å². The normalized spacial score (nSPS) is 22.3. The minimum atomic E-state index is -0.901. The molecule has 3 nitrogen and oxygen atoms in total. The fourth-order valence-corrected chi connectivity index (χ4v) is 2.56. The van der Waals surface area contributed by atoms with E-state index in [9.17, 15) is 4.79 Å². The Balaban J connectivity index is 2.10. The van der Waals surface area contributed by atoms with Gasteiger partial charge in [-0.2, -0.15) is 0 Å². The summed E-state index contributed by atoms with van der Waals surface area (Å²) < 4.78 is 0.637. The molecule has 1 N–H and O–H groups in total. The van der Waals surface area contributed by atoms with Crippen molar-refractivity contribution in [1.82, 2.24) is 0 Å². The Morgan fingerprint density at radius 2 is 2.24 bits per heavy atom. The van der Waals surface area contributed by atoms with Crippen LogP contribution in [0.3, 0.4) is 0 Å². The van der Waals surface area contributed by atoms with E-state index in [2.05, 4.69) is 27.8 Å². The van der Waals surface area contributed by atoms with E-state index in [-0.39, 0.29) is 0 Å². The number of hydrogen-bond donors (Lipinski definition) is 1. The summed E-state index contributed by atoms with van der Waals surface area (Å²) in [5.74, 6) is 0.721. The average molecular weight is 298 g/mol. The van der Waals surface area contributed by atoms with Crippen LogP contribution < -0.4 is 4.90 Å². The van der Waals surface area contributed by atoms with Crippen molar-refractivity contribution in [3.05, 3.63) is 28.2 Å². The van der Waals surface area contributed by atoms with Crippen molar-refractivity contribution in [1.29, 1.82) is 0 Å². The molecule has 1 fully saturated rings. The van der Waals surface area contributed by atoms with Gasteiger partial charge in [0.05, 0.1) is 5.56 Å². The van der Waals surface area contributed by atoms with Crippen LogP contribution in [-0.4, -0.2) is 24.7 Å². The number of carbonyl (C=O) groups is 1. The second kappa shape index (κ2) is 4.69. The predicted molar refractivity (Wildman–Crippen MR) is 71.6 cm³/mol. The van der Waals surface area contributed by atoms with E-state index in [0.29, 0.717) is 10.0 Å². The highest BCUT2D eigenvalue weighted by Gasteiger charge is 2.33. The maximum atomic E-state index is 10.9. The summed E-state index contributed by atoms with van der Waals surface area (Å²) in [6.45, 7) is 3.31. The number of nitrogens with zero attached hydrogens (tertiary/aromatic N) is 1. The Morgan fingerprint density at radius 1 is 1.59 bits per heavy atom. The summed E-state index contributed by atoms with van der Waals surface area (Å²) in [5, 5.41) is 8.94. The van der Waals surface area contributed by atoms with Gasteiger partial charge in [0.2, 0.25) is 0 Å². The zero-order chi connectivity index (χ0) is 12.6. The van der Waals surface area contributed by atoms with Gasteiger partial charge in [0, 0.05) is 23.8 Å². The maximum absolute atomic E-state index is 10.9. The van der Waals surface area contributed by atoms with Crippen molar-refractivity contribution in [3.63, 3.8) is 0 Å². The number of carboxylic acids is 1. The molecule has 0 heterocycles. The standard InChI is InChI=1S/C13H16BrNO2/c1-8-5-9(8)7-15(2)10-3-4-11(13(16)17)12(14)6-10/h3-4,6,8-9H,5,7H2,1-2H3,(H,16,17). The second-order valence-corrected chi connectivity index (χ2v) is 5.68. The fourth-order valence-electron chi connectivity index (χ4n) is 2.03. The largest absolute Gasteiger partial charge is 0.478 e. The van der Waals surface area contributed by atoms with Gasteiger partial charge in [0.1, 0.15) is 0 Å². The van der Waals surface area contributed by atoms with E-state index >= 15 is 0 Å². The van der Waals surface area contributed by atoms with E-state index in [0.717, 1.165) is 24.1 Å². The molecular weight excluding hydrogens is 282 g/mol. The highest BCUT2D eigenvalue weighted by atomic mass is 79.9. The second-order valence-electron chi connectivity index (χ2n) is 4.82. The number of hydrogen-bond acceptors (Lipinski definition) is 2. The van der Waals surface area contributed by atoms with Gasteiger partial charge < -0.3 is 10.0 Å². The van der Waals surface area contributed by atoms with Gasteiger partial charge in [-0.3, -0.25) is 0 Å². The molecule has 1 aromatic carbocycles. The smallest absolute Gasteiger partial charge is 0.336 e. The fraction of sp³-hybridized carbons (Fsp3) is 0.462. The third-order valence-corrected chi connectivity index (χ3v) is 4.06. The molecule has 0 radical (unpaired) electrons. The van der Waals surface area contributed by atoms with Crippen LogP contribution in [-0.2, 0) is 0 Å². The third-order valence-electron chi connectivity index (χ3n) is 3.41. The van der Waals surface area contributed by atoms with Crippen molar-refractivity contribution in [2.75, 3.05) is 18.5 Å². The molecule has 1 aliphatic rings. The van der Waals surface area contributed by atoms with Gasteiger partial charge in [-0.25, -0.2) is 4.79 Å². The first kappa shape index (κ1) is 12.4. The number of carboxylic acid groups (broad SMARTS) is 1. The Morgan fingerprint density at radius 3 is 2.71 bits per heavy atom. The summed E-state index contributed by atoms with van der Waals surface area (Å²) in [6, 6.07) is 5.38. The molecule has 92 valence electrons. The van der Waals surface area contributed by atoms with Crippen molar-refractivity contribution >= 4 is 27.6 Å². The average Bonchev–Trinajstić information content (AvgIpc) is 2.93. The van der Waals surface area contributed by atoms with E-state index in [4.69, 9.17) is 5.11 Å². The lowest BCUT2D eigenvalue weighted by molar-refractivity contribution is 0.0696. The van der Waals surface area contributed by atoms with E-state index in [1.54, 1.807) is 6.07 Å². The lowest BCUT2D eigenvalue weighted by Crippen LogP contribution is -2.20. The molecule has 0 aliphatic heterocycles. The van der Waals surface area contributed by atoms with Gasteiger partial charge in [-0.15, -0.1) is 0 Å². The zero-order valence-electron chi connectivity index (χ0n) is 9.98. The summed E-state index contributed by atoms with van der Waals surface area (Å²) in [6.07, 6.45) is 1.30. The van der Waals surface area contributed by atoms with Crippen LogP contribution >= 0.6 is 15.9 Å². The number of rotatable bonds is 4. The number of benzene rings is 1. The van der Waals surface area contributed by atoms with Crippen LogP contribution in [0.15, 0.2) is 22.7 Å². The van der Waals surface area contributed by atoms with E-state index in [1.165, 1.54) is 6.42 Å². The monoisotopic (exact) mass is 297 g/mol. The molecule has 1 saturated carbocycles. The molecule has 0 bridgehead atoms. The van der Waals surface area contributed by atoms with Crippen LogP contribution in [0.1, 0.15) is 23.7 Å². The summed E-state index contributed by atoms with van der Waals surface area (Å²) >= 11 is 3.30. The summed E-state index contributed by atoms with van der Waals surface area (Å²) in [7, 11) is 2.05. The maximum Gasteiger partial charge on any atom is 0.336 e. The molecule has 2 unspecified atom stereocenters. The van der Waals surface area contributed by atoms with Crippen molar-refractivity contribution in [2.24, 2.45) is 11.8 Å². The van der Waals surface area contributed by atoms with Crippen molar-refractivity contribution in [3.8, 4) is 0 Å². The molecule has 0 aromatic heterocycles. The molecule has 1 aliphatic carbocycles. The van der Waals surface area contributed by atoms with Crippen LogP contribution in [0.5, 0.6) is 0 Å². The Labute approximate surface area is 110 Å². The highest BCUT2D eigenvalue weighted by Crippen LogP contribution is 2.38. The number of aromatic carboxylic acids is 1. The van der Waals surface area contributed by atoms with Crippen LogP contribution in [0.4, 0.5) is 5.69 Å². The minimum Gasteiger partial charge on any atom is -0.478 e. The zero-order valence-corrected chi connectivity index (χ0v) is 11.6. The van der Waals surface area contributed by atoms with E-state index in [1.807, 2.05) is 19.2 Å². The molecule has 2 atom stereocenters. The molecule has 4 heteroatoms. The predicted octanol–water partition coefficient (Wildman–Crippen LogP) is 3.24. The highest BCUT2D eigenvalue weighted by molar-refractivity contribution is 9.10. The van der Waals surface area contributed by atoms with Gasteiger partial charge >= 0.3 is 5.97 Å². The van der Waals surface area contributed by atoms with Crippen molar-refractivity contribution in [2.45, 2.75) is 13.3 Å². The minimum absolute atomic E-state index is 0.307. The molecule has 17 heavy (non-hydrogen) atoms. The van der Waals surface area contributed by atoms with E-state index < -0.39 is 5.97 Å². The first-order valence-corrected chi connectivity index (χ1v) is 6.52. The lowest BCUT2D eigenvalue weighted by Gasteiger charge is -2.20. The topological polar surface area (TPSA) is 40.5 Å². The molecule has 1 aromatic rings. The molecule has 0 spiro atoms. The van der Waals surface area contributed by atoms with Gasteiger partial charge in [-0.1, -0.05) is 6.92 Å². The van der Waals surface area contributed by atoms with Crippen LogP contribution in [0, 0.1) is 11.8 Å². The van der Waals surface area contributed by atoms with Gasteiger partial charge in [-0.05, 0) is 52.4 Å². The Bertz CT molecular complexity index is 447. The number of halogens is 1. The van der Waals surface area contributed by atoms with Gasteiger partial charge in [0.15, 0.2) is 0 Å². The SMILES string of the molecule is CC1CC1CN(C)c1ccc(C(=O)O)c(Br)c1. The number of anilines is 1. The lowest BCUT2D eigenvalue weighted by atomic mass is 10.2.